The van der Waals surface area contributed by atoms with Gasteiger partial charge < -0.3 is 15.3 Å². The van der Waals surface area contributed by atoms with Crippen molar-refractivity contribution in [1.82, 2.24) is 25.3 Å². The maximum Gasteiger partial charge on any atom is 0.259 e. The summed E-state index contributed by atoms with van der Waals surface area (Å²) in [5.41, 5.74) is 1.28. The highest BCUT2D eigenvalue weighted by Crippen LogP contribution is 2.13. The van der Waals surface area contributed by atoms with Crippen molar-refractivity contribution in [3.8, 4) is 0 Å². The molecule has 2 aromatic heterocycles. The summed E-state index contributed by atoms with van der Waals surface area (Å²) in [6, 6.07) is 5.02. The SMILES string of the molecule is CC(C)c1ncc(CNC(=O)c2cccc3nc[nH]c(=O)c23)[nH]1. The van der Waals surface area contributed by atoms with Crippen LogP contribution in [0.25, 0.3) is 10.9 Å². The van der Waals surface area contributed by atoms with Crippen LogP contribution in [-0.4, -0.2) is 25.8 Å². The lowest BCUT2D eigenvalue weighted by Gasteiger charge is -2.06. The average Bonchev–Trinajstić information content (AvgIpc) is 3.01. The molecule has 1 amide bonds. The summed E-state index contributed by atoms with van der Waals surface area (Å²) in [5.74, 6) is 0.844. The van der Waals surface area contributed by atoms with Crippen molar-refractivity contribution in [2.24, 2.45) is 0 Å². The monoisotopic (exact) mass is 311 g/mol. The summed E-state index contributed by atoms with van der Waals surface area (Å²) < 4.78 is 0. The fourth-order valence-corrected chi connectivity index (χ4v) is 2.34. The summed E-state index contributed by atoms with van der Waals surface area (Å²) in [7, 11) is 0. The molecule has 0 spiro atoms. The van der Waals surface area contributed by atoms with Gasteiger partial charge in [0.05, 0.1) is 41.2 Å². The van der Waals surface area contributed by atoms with Gasteiger partial charge in [-0.25, -0.2) is 9.97 Å². The van der Waals surface area contributed by atoms with Gasteiger partial charge in [-0.15, -0.1) is 0 Å². The van der Waals surface area contributed by atoms with E-state index in [1.165, 1.54) is 6.33 Å². The topological polar surface area (TPSA) is 104 Å². The molecule has 0 fully saturated rings. The molecule has 0 aliphatic rings. The summed E-state index contributed by atoms with van der Waals surface area (Å²) in [6.07, 6.45) is 3.03. The Balaban J connectivity index is 1.82. The van der Waals surface area contributed by atoms with Gasteiger partial charge in [0.1, 0.15) is 5.82 Å². The van der Waals surface area contributed by atoms with E-state index >= 15 is 0 Å². The smallest absolute Gasteiger partial charge is 0.259 e. The van der Waals surface area contributed by atoms with Gasteiger partial charge in [0, 0.05) is 5.92 Å². The minimum absolute atomic E-state index is 0.292. The van der Waals surface area contributed by atoms with Crippen LogP contribution in [0.2, 0.25) is 0 Å². The van der Waals surface area contributed by atoms with Gasteiger partial charge in [0.25, 0.3) is 11.5 Å². The number of H-pyrrole nitrogens is 2. The predicted molar refractivity (Wildman–Crippen MR) is 86.2 cm³/mol. The fourth-order valence-electron chi connectivity index (χ4n) is 2.34. The number of carbonyl (C=O) groups excluding carboxylic acids is 1. The van der Waals surface area contributed by atoms with Crippen molar-refractivity contribution in [2.75, 3.05) is 0 Å². The van der Waals surface area contributed by atoms with E-state index in [4.69, 9.17) is 0 Å². The molecule has 0 saturated carbocycles. The van der Waals surface area contributed by atoms with Crippen LogP contribution < -0.4 is 10.9 Å². The molecule has 0 radical (unpaired) electrons. The second-order valence-electron chi connectivity index (χ2n) is 5.56. The average molecular weight is 311 g/mol. The number of fused-ring (bicyclic) bond motifs is 1. The highest BCUT2D eigenvalue weighted by atomic mass is 16.2. The second-order valence-corrected chi connectivity index (χ2v) is 5.56. The Labute approximate surface area is 132 Å². The van der Waals surface area contributed by atoms with Gasteiger partial charge in [-0.1, -0.05) is 19.9 Å². The molecule has 7 heteroatoms. The molecule has 3 N–H and O–H groups in total. The number of amides is 1. The summed E-state index contributed by atoms with van der Waals surface area (Å²) in [5, 5.41) is 3.09. The number of rotatable bonds is 4. The van der Waals surface area contributed by atoms with Crippen molar-refractivity contribution in [2.45, 2.75) is 26.3 Å². The Hall–Kier alpha value is -2.96. The number of aromatic amines is 2. The Morgan fingerprint density at radius 3 is 2.87 bits per heavy atom. The predicted octanol–water partition coefficient (Wildman–Crippen LogP) is 1.70. The first-order valence-corrected chi connectivity index (χ1v) is 7.34. The first kappa shape index (κ1) is 15.0. The normalized spacial score (nSPS) is 11.1. The van der Waals surface area contributed by atoms with E-state index in [9.17, 15) is 9.59 Å². The number of nitrogens with zero attached hydrogens (tertiary/aromatic N) is 2. The van der Waals surface area contributed by atoms with Crippen molar-refractivity contribution in [1.29, 1.82) is 0 Å². The number of hydrogen-bond donors (Lipinski definition) is 3. The van der Waals surface area contributed by atoms with Crippen LogP contribution in [0.15, 0.2) is 35.5 Å². The van der Waals surface area contributed by atoms with Crippen LogP contribution in [0.4, 0.5) is 0 Å². The molecule has 0 aliphatic carbocycles. The van der Waals surface area contributed by atoms with Crippen LogP contribution in [-0.2, 0) is 6.54 Å². The molecular formula is C16H17N5O2. The largest absolute Gasteiger partial charge is 0.346 e. The Bertz CT molecular complexity index is 905. The third kappa shape index (κ3) is 2.98. The molecule has 7 nitrogen and oxygen atoms in total. The lowest BCUT2D eigenvalue weighted by molar-refractivity contribution is 0.0952. The third-order valence-electron chi connectivity index (χ3n) is 3.55. The summed E-state index contributed by atoms with van der Waals surface area (Å²) >= 11 is 0. The quantitative estimate of drug-likeness (QED) is 0.682. The molecule has 3 aromatic rings. The minimum atomic E-state index is -0.329. The van der Waals surface area contributed by atoms with E-state index in [1.54, 1.807) is 24.4 Å². The number of nitrogens with one attached hydrogen (secondary N) is 3. The summed E-state index contributed by atoms with van der Waals surface area (Å²) in [6.45, 7) is 4.39. The van der Waals surface area contributed by atoms with Gasteiger partial charge >= 0.3 is 0 Å². The van der Waals surface area contributed by atoms with Crippen molar-refractivity contribution in [3.63, 3.8) is 0 Å². The highest BCUT2D eigenvalue weighted by molar-refractivity contribution is 6.05. The first-order valence-electron chi connectivity index (χ1n) is 7.34. The fraction of sp³-hybridized carbons (Fsp3) is 0.250. The minimum Gasteiger partial charge on any atom is -0.346 e. The van der Waals surface area contributed by atoms with E-state index < -0.39 is 0 Å². The lowest BCUT2D eigenvalue weighted by atomic mass is 10.1. The standard InChI is InChI=1S/C16H17N5O2/c1-9(2)14-17-6-10(21-14)7-18-15(22)11-4-3-5-12-13(11)16(23)20-8-19-12/h3-6,8-9H,7H2,1-2H3,(H,17,21)(H,18,22)(H,19,20,23). The van der Waals surface area contributed by atoms with Crippen LogP contribution in [0.1, 0.15) is 41.6 Å². The van der Waals surface area contributed by atoms with Crippen LogP contribution in [0, 0.1) is 0 Å². The third-order valence-corrected chi connectivity index (χ3v) is 3.55. The van der Waals surface area contributed by atoms with Crippen LogP contribution in [0.5, 0.6) is 0 Å². The molecule has 3 rings (SSSR count). The number of carbonyl (C=O) groups is 1. The molecule has 0 saturated heterocycles. The molecule has 0 aliphatic heterocycles. The molecule has 0 atom stereocenters. The van der Waals surface area contributed by atoms with Gasteiger partial charge in [-0.05, 0) is 12.1 Å². The number of aromatic nitrogens is 4. The zero-order valence-electron chi connectivity index (χ0n) is 12.9. The molecule has 1 aromatic carbocycles. The van der Waals surface area contributed by atoms with Gasteiger partial charge in [-0.2, -0.15) is 0 Å². The number of hydrogen-bond acceptors (Lipinski definition) is 4. The molecule has 23 heavy (non-hydrogen) atoms. The zero-order valence-corrected chi connectivity index (χ0v) is 12.9. The number of imidazole rings is 1. The Morgan fingerprint density at radius 1 is 1.30 bits per heavy atom. The van der Waals surface area contributed by atoms with E-state index in [-0.39, 0.29) is 11.5 Å². The van der Waals surface area contributed by atoms with Crippen molar-refractivity contribution >= 4 is 16.8 Å². The molecule has 0 bridgehead atoms. The Kier molecular flexibility index (Phi) is 3.92. The van der Waals surface area contributed by atoms with E-state index in [0.717, 1.165) is 11.5 Å². The van der Waals surface area contributed by atoms with Gasteiger partial charge in [-0.3, -0.25) is 9.59 Å². The molecule has 0 unspecified atom stereocenters. The van der Waals surface area contributed by atoms with Gasteiger partial charge in [0.2, 0.25) is 0 Å². The van der Waals surface area contributed by atoms with Crippen molar-refractivity contribution in [3.05, 3.63) is 58.2 Å². The van der Waals surface area contributed by atoms with E-state index in [2.05, 4.69) is 25.3 Å². The summed E-state index contributed by atoms with van der Waals surface area (Å²) in [4.78, 5) is 38.4. The molecule has 2 heterocycles. The Morgan fingerprint density at radius 2 is 2.13 bits per heavy atom. The van der Waals surface area contributed by atoms with Gasteiger partial charge in [0.15, 0.2) is 0 Å². The van der Waals surface area contributed by atoms with Crippen LogP contribution in [0.3, 0.4) is 0 Å². The number of benzene rings is 1. The molecule has 118 valence electrons. The second kappa shape index (κ2) is 6.04. The van der Waals surface area contributed by atoms with E-state index in [1.807, 2.05) is 13.8 Å². The maximum absolute atomic E-state index is 12.4. The first-order chi connectivity index (χ1) is 11.1. The van der Waals surface area contributed by atoms with E-state index in [0.29, 0.717) is 28.9 Å². The van der Waals surface area contributed by atoms with Crippen molar-refractivity contribution < 1.29 is 4.79 Å². The lowest BCUT2D eigenvalue weighted by Crippen LogP contribution is -2.25. The molecular weight excluding hydrogens is 294 g/mol. The maximum atomic E-state index is 12.4. The highest BCUT2D eigenvalue weighted by Gasteiger charge is 2.13. The zero-order chi connectivity index (χ0) is 16.4. The van der Waals surface area contributed by atoms with Crippen LogP contribution >= 0.6 is 0 Å².